The Morgan fingerprint density at radius 2 is 1.80 bits per heavy atom. The van der Waals surface area contributed by atoms with Crippen LogP contribution in [-0.2, 0) is 6.54 Å². The van der Waals surface area contributed by atoms with Crippen molar-refractivity contribution in [1.82, 2.24) is 14.8 Å². The molecule has 2 aliphatic rings. The lowest BCUT2D eigenvalue weighted by Gasteiger charge is -2.33. The van der Waals surface area contributed by atoms with Crippen molar-refractivity contribution >= 4 is 5.69 Å². The SMILES string of the molecule is Nc1ccc(CN2CCC(CN3CCCC3)CC2)nc1. The van der Waals surface area contributed by atoms with Gasteiger partial charge in [-0.1, -0.05) is 0 Å². The molecule has 3 rings (SSSR count). The van der Waals surface area contributed by atoms with Crippen LogP contribution in [0.1, 0.15) is 31.4 Å². The van der Waals surface area contributed by atoms with Gasteiger partial charge < -0.3 is 10.6 Å². The molecule has 0 atom stereocenters. The van der Waals surface area contributed by atoms with Gasteiger partial charge in [-0.15, -0.1) is 0 Å². The Morgan fingerprint density at radius 3 is 2.45 bits per heavy atom. The number of anilines is 1. The molecular formula is C16H26N4. The third kappa shape index (κ3) is 3.70. The van der Waals surface area contributed by atoms with E-state index >= 15 is 0 Å². The lowest BCUT2D eigenvalue weighted by Crippen LogP contribution is -2.37. The molecule has 0 amide bonds. The monoisotopic (exact) mass is 274 g/mol. The van der Waals surface area contributed by atoms with Gasteiger partial charge >= 0.3 is 0 Å². The van der Waals surface area contributed by atoms with Crippen LogP contribution in [0.3, 0.4) is 0 Å². The lowest BCUT2D eigenvalue weighted by atomic mass is 9.96. The second-order valence-electron chi connectivity index (χ2n) is 6.31. The molecule has 4 nitrogen and oxygen atoms in total. The quantitative estimate of drug-likeness (QED) is 0.912. The standard InChI is InChI=1S/C16H26N4/c17-15-3-4-16(18-11-15)13-20-9-5-14(6-10-20)12-19-7-1-2-8-19/h3-4,11,14H,1-2,5-10,12-13,17H2. The van der Waals surface area contributed by atoms with Crippen LogP contribution in [0.4, 0.5) is 5.69 Å². The zero-order valence-electron chi connectivity index (χ0n) is 12.3. The summed E-state index contributed by atoms with van der Waals surface area (Å²) in [4.78, 5) is 9.58. The van der Waals surface area contributed by atoms with E-state index in [4.69, 9.17) is 5.73 Å². The highest BCUT2D eigenvalue weighted by atomic mass is 15.2. The molecule has 2 N–H and O–H groups in total. The van der Waals surface area contributed by atoms with E-state index in [1.165, 1.54) is 58.4 Å². The number of nitrogen functional groups attached to an aromatic ring is 1. The minimum Gasteiger partial charge on any atom is -0.397 e. The molecule has 110 valence electrons. The van der Waals surface area contributed by atoms with Gasteiger partial charge in [0.1, 0.15) is 0 Å². The Kier molecular flexibility index (Phi) is 4.53. The Bertz CT molecular complexity index is 403. The molecule has 2 fully saturated rings. The van der Waals surface area contributed by atoms with E-state index in [1.54, 1.807) is 6.20 Å². The van der Waals surface area contributed by atoms with Gasteiger partial charge in [0.15, 0.2) is 0 Å². The summed E-state index contributed by atoms with van der Waals surface area (Å²) in [5.41, 5.74) is 7.56. The number of aromatic nitrogens is 1. The summed E-state index contributed by atoms with van der Waals surface area (Å²) in [5, 5.41) is 0. The number of nitrogens with two attached hydrogens (primary N) is 1. The molecule has 0 aliphatic carbocycles. The molecule has 20 heavy (non-hydrogen) atoms. The fraction of sp³-hybridized carbons (Fsp3) is 0.688. The van der Waals surface area contributed by atoms with E-state index in [0.29, 0.717) is 0 Å². The Labute approximate surface area is 122 Å². The number of pyridine rings is 1. The smallest absolute Gasteiger partial charge is 0.0545 e. The molecule has 3 heterocycles. The summed E-state index contributed by atoms with van der Waals surface area (Å²) >= 11 is 0. The maximum atomic E-state index is 5.68. The van der Waals surface area contributed by atoms with Crippen molar-refractivity contribution in [2.45, 2.75) is 32.2 Å². The third-order valence-electron chi connectivity index (χ3n) is 4.66. The van der Waals surface area contributed by atoms with Crippen LogP contribution in [-0.4, -0.2) is 47.5 Å². The number of rotatable bonds is 4. The maximum Gasteiger partial charge on any atom is 0.0545 e. The van der Waals surface area contributed by atoms with Crippen molar-refractivity contribution in [3.63, 3.8) is 0 Å². The predicted molar refractivity (Wildman–Crippen MR) is 82.3 cm³/mol. The highest BCUT2D eigenvalue weighted by Gasteiger charge is 2.22. The lowest BCUT2D eigenvalue weighted by molar-refractivity contribution is 0.148. The van der Waals surface area contributed by atoms with Crippen molar-refractivity contribution < 1.29 is 0 Å². The number of hydrogen-bond donors (Lipinski definition) is 1. The number of piperidine rings is 1. The molecule has 0 bridgehead atoms. The number of hydrogen-bond acceptors (Lipinski definition) is 4. The predicted octanol–water partition coefficient (Wildman–Crippen LogP) is 1.97. The maximum absolute atomic E-state index is 5.68. The molecule has 0 unspecified atom stereocenters. The fourth-order valence-corrected chi connectivity index (χ4v) is 3.42. The zero-order chi connectivity index (χ0) is 13.8. The minimum absolute atomic E-state index is 0.748. The van der Waals surface area contributed by atoms with Crippen molar-refractivity contribution in [2.24, 2.45) is 5.92 Å². The van der Waals surface area contributed by atoms with Crippen molar-refractivity contribution in [2.75, 3.05) is 38.5 Å². The second kappa shape index (κ2) is 6.55. The van der Waals surface area contributed by atoms with E-state index in [9.17, 15) is 0 Å². The van der Waals surface area contributed by atoms with Crippen molar-refractivity contribution in [1.29, 1.82) is 0 Å². The van der Waals surface area contributed by atoms with Crippen LogP contribution in [0.15, 0.2) is 18.3 Å². The fourth-order valence-electron chi connectivity index (χ4n) is 3.42. The first-order valence-electron chi connectivity index (χ1n) is 7.95. The van der Waals surface area contributed by atoms with E-state index in [-0.39, 0.29) is 0 Å². The molecule has 1 aromatic rings. The topological polar surface area (TPSA) is 45.4 Å². The summed E-state index contributed by atoms with van der Waals surface area (Å²) in [5.74, 6) is 0.906. The van der Waals surface area contributed by atoms with E-state index in [0.717, 1.165) is 23.8 Å². The Balaban J connectivity index is 1.42. The first kappa shape index (κ1) is 13.8. The van der Waals surface area contributed by atoms with Crippen LogP contribution in [0, 0.1) is 5.92 Å². The highest BCUT2D eigenvalue weighted by molar-refractivity contribution is 5.34. The number of nitrogens with zero attached hydrogens (tertiary/aromatic N) is 3. The number of likely N-dealkylation sites (tertiary alicyclic amines) is 2. The summed E-state index contributed by atoms with van der Waals surface area (Å²) in [6.45, 7) is 7.38. The van der Waals surface area contributed by atoms with E-state index in [1.807, 2.05) is 12.1 Å². The highest BCUT2D eigenvalue weighted by Crippen LogP contribution is 2.21. The molecule has 4 heteroatoms. The van der Waals surface area contributed by atoms with Crippen molar-refractivity contribution in [3.05, 3.63) is 24.0 Å². The summed E-state index contributed by atoms with van der Waals surface area (Å²) in [6, 6.07) is 3.99. The van der Waals surface area contributed by atoms with Gasteiger partial charge in [-0.05, 0) is 69.9 Å². The van der Waals surface area contributed by atoms with Crippen LogP contribution in [0.25, 0.3) is 0 Å². The average molecular weight is 274 g/mol. The van der Waals surface area contributed by atoms with E-state index < -0.39 is 0 Å². The average Bonchev–Trinajstić information content (AvgIpc) is 2.96. The van der Waals surface area contributed by atoms with Crippen LogP contribution in [0.2, 0.25) is 0 Å². The molecule has 0 saturated carbocycles. The molecule has 0 radical (unpaired) electrons. The van der Waals surface area contributed by atoms with Gasteiger partial charge in [-0.25, -0.2) is 0 Å². The summed E-state index contributed by atoms with van der Waals surface area (Å²) < 4.78 is 0. The van der Waals surface area contributed by atoms with Gasteiger partial charge in [0.2, 0.25) is 0 Å². The molecule has 2 saturated heterocycles. The molecular weight excluding hydrogens is 248 g/mol. The Morgan fingerprint density at radius 1 is 1.05 bits per heavy atom. The second-order valence-corrected chi connectivity index (χ2v) is 6.31. The van der Waals surface area contributed by atoms with E-state index in [2.05, 4.69) is 14.8 Å². The molecule has 1 aromatic heterocycles. The van der Waals surface area contributed by atoms with Gasteiger partial charge in [-0.3, -0.25) is 9.88 Å². The van der Waals surface area contributed by atoms with Crippen LogP contribution in [0.5, 0.6) is 0 Å². The zero-order valence-corrected chi connectivity index (χ0v) is 12.3. The van der Waals surface area contributed by atoms with Gasteiger partial charge in [-0.2, -0.15) is 0 Å². The summed E-state index contributed by atoms with van der Waals surface area (Å²) in [7, 11) is 0. The van der Waals surface area contributed by atoms with Crippen LogP contribution < -0.4 is 5.73 Å². The largest absolute Gasteiger partial charge is 0.397 e. The molecule has 0 aromatic carbocycles. The third-order valence-corrected chi connectivity index (χ3v) is 4.66. The first-order valence-corrected chi connectivity index (χ1v) is 7.95. The van der Waals surface area contributed by atoms with Crippen molar-refractivity contribution in [3.8, 4) is 0 Å². The van der Waals surface area contributed by atoms with Gasteiger partial charge in [0, 0.05) is 13.1 Å². The molecule has 2 aliphatic heterocycles. The summed E-state index contributed by atoms with van der Waals surface area (Å²) in [6.07, 6.45) is 7.25. The normalized spacial score (nSPS) is 22.4. The first-order chi connectivity index (χ1) is 9.79. The van der Waals surface area contributed by atoms with Crippen LogP contribution >= 0.6 is 0 Å². The minimum atomic E-state index is 0.748. The molecule has 0 spiro atoms. The Hall–Kier alpha value is -1.13. The van der Waals surface area contributed by atoms with Gasteiger partial charge in [0.05, 0.1) is 17.6 Å². The van der Waals surface area contributed by atoms with Gasteiger partial charge in [0.25, 0.3) is 0 Å².